The number of fused-ring (bicyclic) bond motifs is 2. The van der Waals surface area contributed by atoms with Crippen LogP contribution >= 0.6 is 23.2 Å². The zero-order chi connectivity index (χ0) is 54.9. The molecule has 0 atom stereocenters. The van der Waals surface area contributed by atoms with Crippen LogP contribution in [0, 0.1) is 0 Å². The van der Waals surface area contributed by atoms with E-state index in [1.165, 1.54) is 24.3 Å². The molecule has 1 amide bonds. The Morgan fingerprint density at radius 1 is 0.597 bits per heavy atom. The number of rotatable bonds is 16. The Morgan fingerprint density at radius 3 is 1.57 bits per heavy atom. The molecule has 0 saturated carbocycles. The number of carbonyl (C=O) groups excluding carboxylic acids is 1. The van der Waals surface area contributed by atoms with E-state index in [0.717, 1.165) is 12.1 Å². The van der Waals surface area contributed by atoms with Crippen molar-refractivity contribution in [2.75, 3.05) is 18.5 Å². The summed E-state index contributed by atoms with van der Waals surface area (Å²) < 4.78 is 78.7. The minimum atomic E-state index is -4.71. The van der Waals surface area contributed by atoms with Gasteiger partial charge in [-0.2, -0.15) is 21.9 Å². The third-order valence-corrected chi connectivity index (χ3v) is 13.5. The van der Waals surface area contributed by atoms with Gasteiger partial charge in [0.05, 0.1) is 30.2 Å². The summed E-state index contributed by atoms with van der Waals surface area (Å²) in [6.45, 7) is 7.89. The number of phenolic OH excluding ortho intramolecular Hbond substituents is 1. The van der Waals surface area contributed by atoms with Crippen molar-refractivity contribution >= 4 is 160 Å². The number of hydrogen-bond acceptors (Lipinski definition) is 15. The first-order chi connectivity index (χ1) is 36.3. The van der Waals surface area contributed by atoms with Crippen molar-refractivity contribution < 1.29 is 55.5 Å². The summed E-state index contributed by atoms with van der Waals surface area (Å²) in [6.07, 6.45) is 0.658. The number of azo groups is 2. The maximum Gasteiger partial charge on any atom is 2.00 e. The maximum atomic E-state index is 13.5. The van der Waals surface area contributed by atoms with E-state index >= 15 is 0 Å². The van der Waals surface area contributed by atoms with E-state index in [2.05, 4.69) is 30.8 Å². The number of aryl methyl sites for hydroxylation is 2. The first-order valence-corrected chi connectivity index (χ1v) is 26.8. The molecule has 0 spiro atoms. The Bertz CT molecular complexity index is 3860. The summed E-state index contributed by atoms with van der Waals surface area (Å²) >= 11 is 12.1. The fourth-order valence-corrected chi connectivity index (χ4v) is 9.81. The van der Waals surface area contributed by atoms with Gasteiger partial charge in [0.1, 0.15) is 44.0 Å². The van der Waals surface area contributed by atoms with Crippen molar-refractivity contribution in [1.29, 1.82) is 0 Å². The second kappa shape index (κ2) is 26.3. The molecule has 77 heavy (non-hydrogen) atoms. The fraction of sp³-hybridized carbons (Fsp3) is 0.148. The topological polar surface area (TPSA) is 284 Å². The van der Waals surface area contributed by atoms with Crippen LogP contribution in [0.4, 0.5) is 34.1 Å². The number of aromatic hydroxyl groups is 1. The quantitative estimate of drug-likeness (QED) is 0.0231. The van der Waals surface area contributed by atoms with Crippen LogP contribution in [-0.4, -0.2) is 105 Å². The largest absolute Gasteiger partial charge is 2.00 e. The molecule has 4 N–H and O–H groups in total. The Kier molecular flexibility index (Phi) is 20.4. The number of amides is 1. The molecule has 8 aromatic rings. The van der Waals surface area contributed by atoms with Gasteiger partial charge in [0.25, 0.3) is 26.1 Å². The Morgan fingerprint density at radius 2 is 1.04 bits per heavy atom. The number of nitrogens with one attached hydrogen (secondary N) is 1. The van der Waals surface area contributed by atoms with Gasteiger partial charge in [0.2, 0.25) is 0 Å². The molecule has 0 unspecified atom stereocenters. The fourth-order valence-electron chi connectivity index (χ4n) is 7.81. The Labute approximate surface area is 493 Å². The van der Waals surface area contributed by atoms with Gasteiger partial charge in [0.15, 0.2) is 5.75 Å². The monoisotopic (exact) mass is 1240 g/mol. The zero-order valence-corrected chi connectivity index (χ0v) is 49.1. The number of hydrogen-bond donors (Lipinski definition) is 4. The molecule has 392 valence electrons. The van der Waals surface area contributed by atoms with E-state index in [0.29, 0.717) is 75.9 Å². The third-order valence-electron chi connectivity index (χ3n) is 11.3. The summed E-state index contributed by atoms with van der Waals surface area (Å²) in [5.74, 6) is -1.75. The normalized spacial score (nSPS) is 11.9. The van der Waals surface area contributed by atoms with Gasteiger partial charge in [-0.05, 0) is 121 Å². The standard InChI is InChI=1S/2C27H24ClN3O6S.Ba/c2*1-3-16-13-18(28)15-23(38(34,35)36)24(16)30-31-25-19-10-6-5-9-17(19)14-20(26(25)32)27(33)29-21-11-7-8-12-22(21)37-4-2;/h2*5-15,32H,3-4H2,1-2H3,(H,29,33)(H,34,35,36);/q;;+2/p-2. The molecule has 0 saturated heterocycles. The molecule has 0 bridgehead atoms. The maximum absolute atomic E-state index is 13.5. The number of phenols is 1. The summed E-state index contributed by atoms with van der Waals surface area (Å²) in [4.78, 5) is 16.3. The van der Waals surface area contributed by atoms with Gasteiger partial charge in [-0.3, -0.25) is 18.9 Å². The van der Waals surface area contributed by atoms with Gasteiger partial charge in [-0.1, -0.05) is 116 Å². The van der Waals surface area contributed by atoms with Gasteiger partial charge in [-0.25, -0.2) is 0 Å². The molecule has 18 nitrogen and oxygen atoms in total. The molecule has 23 heteroatoms. The number of nitrogens with zero attached hydrogens (tertiary/aromatic N) is 5. The first kappa shape index (κ1) is 59.8. The Hall–Kier alpha value is -6.41. The number of ether oxygens (including phenoxy) is 2. The summed E-state index contributed by atoms with van der Waals surface area (Å²) in [7, 11) is -9.40. The number of halogens is 2. The number of anilines is 1. The molecule has 0 radical (unpaired) electrons. The zero-order valence-electron chi connectivity index (χ0n) is 41.6. The summed E-state index contributed by atoms with van der Waals surface area (Å²) in [5, 5.41) is 59.1. The van der Waals surface area contributed by atoms with Crippen LogP contribution in [0.25, 0.3) is 21.5 Å². The van der Waals surface area contributed by atoms with Crippen LogP contribution < -0.4 is 25.0 Å². The van der Waals surface area contributed by atoms with Crippen LogP contribution in [0.2, 0.25) is 10.0 Å². The van der Waals surface area contributed by atoms with Crippen LogP contribution in [0.3, 0.4) is 0 Å². The molecule has 0 fully saturated rings. The SMILES string of the molecule is CCOc1ccccc1N=C([O-])c1cc2ccccc2c(N=Nc2c(CC)cc(Cl)cc2S(=O)(=O)O)c1[O-].CCOc1ccccc1NC(=O)c1cc2ccccc2c(N=Nc2c(CC)cc(Cl)cc2S(=O)(=O)O)c1O.[Ba+2]. The Balaban J connectivity index is 0.000000246. The molecule has 8 rings (SSSR count). The third kappa shape index (κ3) is 14.2. The first-order valence-electron chi connectivity index (χ1n) is 23.2. The molecule has 0 heterocycles. The van der Waals surface area contributed by atoms with Gasteiger partial charge in [-0.15, -0.1) is 15.3 Å². The summed E-state index contributed by atoms with van der Waals surface area (Å²) in [5.41, 5.74) is 0.653. The second-order valence-corrected chi connectivity index (χ2v) is 19.9. The number of carbonyl (C=O) groups is 1. The van der Waals surface area contributed by atoms with Crippen molar-refractivity contribution in [2.45, 2.75) is 50.3 Å². The summed E-state index contributed by atoms with van der Waals surface area (Å²) in [6, 6.07) is 35.3. The van der Waals surface area contributed by atoms with Crippen LogP contribution in [0.1, 0.15) is 54.7 Å². The molecule has 0 aliphatic carbocycles. The molecular weight excluding hydrogens is 1200 g/mol. The van der Waals surface area contributed by atoms with Gasteiger partial charge < -0.3 is 30.1 Å². The molecule has 8 aromatic carbocycles. The van der Waals surface area contributed by atoms with Crippen molar-refractivity contribution in [1.82, 2.24) is 0 Å². The minimum Gasteiger partial charge on any atom is -0.871 e. The van der Waals surface area contributed by atoms with E-state index in [1.54, 1.807) is 118 Å². The van der Waals surface area contributed by atoms with Crippen LogP contribution in [0.5, 0.6) is 23.0 Å². The van der Waals surface area contributed by atoms with E-state index in [4.69, 9.17) is 32.7 Å². The smallest absolute Gasteiger partial charge is 0.871 e. The molecular formula is C54H46BaCl2N6O12S2. The van der Waals surface area contributed by atoms with Crippen LogP contribution in [-0.2, 0) is 33.1 Å². The molecule has 0 aromatic heterocycles. The molecule has 0 aliphatic heterocycles. The minimum absolute atomic E-state index is 0. The number of aliphatic imine (C=N–C) groups is 1. The van der Waals surface area contributed by atoms with E-state index in [1.807, 2.05) is 6.92 Å². The average molecular weight is 1240 g/mol. The number of benzene rings is 8. The van der Waals surface area contributed by atoms with Crippen LogP contribution in [0.15, 0.2) is 169 Å². The molecule has 0 aliphatic rings. The van der Waals surface area contributed by atoms with Gasteiger partial charge in [0, 0.05) is 20.8 Å². The van der Waals surface area contributed by atoms with Crippen molar-refractivity contribution in [3.8, 4) is 23.0 Å². The van der Waals surface area contributed by atoms with Crippen molar-refractivity contribution in [2.24, 2.45) is 25.4 Å². The second-order valence-electron chi connectivity index (χ2n) is 16.2. The average Bonchev–Trinajstić information content (AvgIpc) is 3.39. The predicted octanol–water partition coefficient (Wildman–Crippen LogP) is 12.3. The van der Waals surface area contributed by atoms with E-state index in [9.17, 15) is 46.1 Å². The van der Waals surface area contributed by atoms with Crippen molar-refractivity contribution in [3.63, 3.8) is 0 Å². The van der Waals surface area contributed by atoms with Gasteiger partial charge >= 0.3 is 48.9 Å². The number of para-hydroxylation sites is 4. The predicted molar refractivity (Wildman–Crippen MR) is 294 cm³/mol. The van der Waals surface area contributed by atoms with E-state index < -0.39 is 53.3 Å². The van der Waals surface area contributed by atoms with Crippen molar-refractivity contribution in [3.05, 3.63) is 166 Å². The van der Waals surface area contributed by atoms with E-state index in [-0.39, 0.29) is 98.5 Å².